The summed E-state index contributed by atoms with van der Waals surface area (Å²) in [6, 6.07) is 13.3. The molecule has 0 spiro atoms. The van der Waals surface area contributed by atoms with Gasteiger partial charge in [0.1, 0.15) is 17.2 Å². The molecule has 0 aromatic heterocycles. The molecule has 0 aliphatic heterocycles. The molecular weight excluding hydrogens is 486 g/mol. The lowest BCUT2D eigenvalue weighted by Gasteiger charge is -2.16. The highest BCUT2D eigenvalue weighted by Gasteiger charge is 2.33. The van der Waals surface area contributed by atoms with E-state index in [1.807, 2.05) is 45.2 Å². The van der Waals surface area contributed by atoms with Gasteiger partial charge in [-0.2, -0.15) is 0 Å². The van der Waals surface area contributed by atoms with Gasteiger partial charge in [-0.15, -0.1) is 0 Å². The van der Waals surface area contributed by atoms with Crippen LogP contribution in [0.2, 0.25) is 0 Å². The zero-order valence-corrected chi connectivity index (χ0v) is 14.4. The summed E-state index contributed by atoms with van der Waals surface area (Å²) in [5.41, 5.74) is 0.684. The van der Waals surface area contributed by atoms with E-state index in [2.05, 4.69) is 0 Å². The van der Waals surface area contributed by atoms with E-state index in [0.29, 0.717) is 17.1 Å². The molecule has 0 unspecified atom stereocenters. The molecule has 6 heteroatoms. The van der Waals surface area contributed by atoms with Gasteiger partial charge in [0.05, 0.1) is 0 Å². The van der Waals surface area contributed by atoms with Crippen molar-refractivity contribution in [2.24, 2.45) is 0 Å². The van der Waals surface area contributed by atoms with Gasteiger partial charge in [0, 0.05) is 0 Å². The number of ether oxygens (including phenoxy) is 1. The lowest BCUT2D eigenvalue weighted by atomic mass is 10.1. The molecule has 0 aliphatic rings. The van der Waals surface area contributed by atoms with E-state index in [0.717, 1.165) is 0 Å². The first-order valence-corrected chi connectivity index (χ1v) is 7.74. The van der Waals surface area contributed by atoms with E-state index < -0.39 is 7.40 Å². The molecule has 2 N–H and O–H groups in total. The van der Waals surface area contributed by atoms with Crippen LogP contribution < -0.4 is 4.74 Å². The van der Waals surface area contributed by atoms with Gasteiger partial charge in [0.25, 0.3) is 0 Å². The van der Waals surface area contributed by atoms with E-state index >= 15 is 0 Å². The predicted octanol–water partition coefficient (Wildman–Crippen LogP) is 4.29. The van der Waals surface area contributed by atoms with E-state index in [1.165, 1.54) is 12.1 Å². The minimum atomic E-state index is -0.993. The van der Waals surface area contributed by atoms with Crippen molar-refractivity contribution in [2.75, 3.05) is 0 Å². The molecule has 2 aromatic rings. The number of carboxylic acids is 1. The van der Waals surface area contributed by atoms with Gasteiger partial charge < -0.3 is 14.9 Å². The first kappa shape index (κ1) is 15.4. The first-order valence-electron chi connectivity index (χ1n) is 5.58. The molecule has 4 nitrogen and oxygen atoms in total. The quantitative estimate of drug-likeness (QED) is 0.490. The maximum Gasteiger partial charge on any atom is 0.334 e. The number of carbonyl (C=O) groups is 1. The second kappa shape index (κ2) is 6.17. The van der Waals surface area contributed by atoms with Crippen molar-refractivity contribution < 1.29 is 19.7 Å². The summed E-state index contributed by atoms with van der Waals surface area (Å²) in [6.07, 6.45) is 0. The zero-order chi connectivity index (χ0) is 14.8. The Morgan fingerprint density at radius 3 is 1.85 bits per heavy atom. The molecule has 0 atom stereocenters. The number of hydrogen-bond donors (Lipinski definition) is 2. The Labute approximate surface area is 143 Å². The van der Waals surface area contributed by atoms with Gasteiger partial charge in [0.2, 0.25) is 0 Å². The molecule has 0 fully saturated rings. The van der Waals surface area contributed by atoms with Crippen molar-refractivity contribution in [1.29, 1.82) is 0 Å². The summed E-state index contributed by atoms with van der Waals surface area (Å²) in [5.74, 6) is 0.483. The largest absolute Gasteiger partial charge is 0.508 e. The fourth-order valence-corrected chi connectivity index (χ4v) is 2.23. The fraction of sp³-hybridized carbons (Fsp3) is 0.0714. The molecule has 0 aliphatic carbocycles. The molecule has 2 rings (SSSR count). The second-order valence-corrected chi connectivity index (χ2v) is 9.30. The van der Waals surface area contributed by atoms with Gasteiger partial charge in [-0.3, -0.25) is 0 Å². The molecule has 0 bridgehead atoms. The average molecular weight is 496 g/mol. The van der Waals surface area contributed by atoms with Gasteiger partial charge in [-0.25, -0.2) is 4.79 Å². The van der Waals surface area contributed by atoms with Crippen LogP contribution in [0.4, 0.5) is 0 Å². The van der Waals surface area contributed by atoms with Gasteiger partial charge in [0.15, 0.2) is 1.43 Å². The number of aliphatic carboxylic acids is 1. The van der Waals surface area contributed by atoms with Gasteiger partial charge >= 0.3 is 5.97 Å². The van der Waals surface area contributed by atoms with Crippen LogP contribution >= 0.6 is 45.2 Å². The third-order valence-corrected chi connectivity index (χ3v) is 4.73. The molecule has 104 valence electrons. The molecule has 0 heterocycles. The maximum atomic E-state index is 11.2. The number of alkyl halides is 2. The number of benzene rings is 2. The molecule has 0 radical (unpaired) electrons. The third-order valence-electron chi connectivity index (χ3n) is 2.56. The lowest BCUT2D eigenvalue weighted by molar-refractivity contribution is -0.136. The summed E-state index contributed by atoms with van der Waals surface area (Å²) in [4.78, 5) is 11.2. The standard InChI is InChI=1S/C14H10I2O4/c15-14(16,13(18)19)9-1-5-11(6-2-9)20-12-7-3-10(17)4-8-12/h1-8,17H,(H,18,19). The predicted molar refractivity (Wildman–Crippen MR) is 92.0 cm³/mol. The number of hydrogen-bond acceptors (Lipinski definition) is 3. The summed E-state index contributed by atoms with van der Waals surface area (Å²) in [7, 11) is 0. The van der Waals surface area contributed by atoms with Crippen LogP contribution in [0.15, 0.2) is 48.5 Å². The molecule has 0 saturated heterocycles. The van der Waals surface area contributed by atoms with Crippen LogP contribution in [-0.4, -0.2) is 16.2 Å². The van der Waals surface area contributed by atoms with Crippen molar-refractivity contribution in [3.05, 3.63) is 54.1 Å². The summed E-state index contributed by atoms with van der Waals surface area (Å²) >= 11 is 3.78. The van der Waals surface area contributed by atoms with Crippen LogP contribution in [0.25, 0.3) is 0 Å². The lowest BCUT2D eigenvalue weighted by Crippen LogP contribution is -2.20. The van der Waals surface area contributed by atoms with Gasteiger partial charge in [-0.05, 0) is 87.1 Å². The zero-order valence-electron chi connectivity index (χ0n) is 10.1. The van der Waals surface area contributed by atoms with Crippen LogP contribution in [0, 0.1) is 0 Å². The Balaban J connectivity index is 2.16. The van der Waals surface area contributed by atoms with Crippen molar-refractivity contribution in [1.82, 2.24) is 0 Å². The summed E-state index contributed by atoms with van der Waals surface area (Å²) < 4.78 is 4.60. The number of rotatable bonds is 4. The Morgan fingerprint density at radius 2 is 1.40 bits per heavy atom. The van der Waals surface area contributed by atoms with Crippen LogP contribution in [0.5, 0.6) is 17.2 Å². The number of carboxylic acid groups (broad SMARTS) is 1. The number of phenols is 1. The van der Waals surface area contributed by atoms with Gasteiger partial charge in [-0.1, -0.05) is 12.1 Å². The van der Waals surface area contributed by atoms with Crippen molar-refractivity contribution in [3.8, 4) is 17.2 Å². The SMILES string of the molecule is O=C(O)C(I)(I)c1ccc(Oc2ccc(O)cc2)cc1. The Bertz CT molecular complexity index is 606. The van der Waals surface area contributed by atoms with E-state index in [4.69, 9.17) is 9.84 Å². The van der Waals surface area contributed by atoms with E-state index in [9.17, 15) is 9.90 Å². The Hall–Kier alpha value is -1.03. The van der Waals surface area contributed by atoms with Crippen molar-refractivity contribution in [3.63, 3.8) is 0 Å². The third kappa shape index (κ3) is 3.54. The number of aromatic hydroxyl groups is 1. The van der Waals surface area contributed by atoms with E-state index in [-0.39, 0.29) is 5.75 Å². The highest BCUT2D eigenvalue weighted by molar-refractivity contribution is 14.2. The topological polar surface area (TPSA) is 66.8 Å². The van der Waals surface area contributed by atoms with Crippen molar-refractivity contribution in [2.45, 2.75) is 1.43 Å². The first-order chi connectivity index (χ1) is 9.39. The summed E-state index contributed by atoms with van der Waals surface area (Å²) in [6.45, 7) is 0. The smallest absolute Gasteiger partial charge is 0.334 e. The van der Waals surface area contributed by atoms with Crippen molar-refractivity contribution >= 4 is 51.2 Å². The second-order valence-electron chi connectivity index (χ2n) is 4.00. The van der Waals surface area contributed by atoms with E-state index in [1.54, 1.807) is 36.4 Å². The maximum absolute atomic E-state index is 11.2. The number of halogens is 2. The Kier molecular flexibility index (Phi) is 4.74. The van der Waals surface area contributed by atoms with Crippen LogP contribution in [0.1, 0.15) is 5.56 Å². The molecular formula is C14H10I2O4. The molecule has 2 aromatic carbocycles. The monoisotopic (exact) mass is 496 g/mol. The minimum Gasteiger partial charge on any atom is -0.508 e. The normalized spacial score (nSPS) is 11.1. The Morgan fingerprint density at radius 1 is 0.950 bits per heavy atom. The average Bonchev–Trinajstić information content (AvgIpc) is 2.42. The minimum absolute atomic E-state index is 0.175. The van der Waals surface area contributed by atoms with Crippen LogP contribution in [0.3, 0.4) is 0 Å². The fourth-order valence-electron chi connectivity index (χ4n) is 1.51. The van der Waals surface area contributed by atoms with Crippen LogP contribution in [-0.2, 0) is 6.22 Å². The number of phenolic OH excluding ortho intramolecular Hbond substituents is 1. The highest BCUT2D eigenvalue weighted by atomic mass is 127. The molecule has 0 saturated carbocycles. The molecule has 20 heavy (non-hydrogen) atoms. The summed E-state index contributed by atoms with van der Waals surface area (Å²) in [5, 5.41) is 18.3. The molecule has 0 amide bonds. The highest BCUT2D eigenvalue weighted by Crippen LogP contribution is 2.40.